The van der Waals surface area contributed by atoms with Gasteiger partial charge in [-0.3, -0.25) is 9.36 Å². The van der Waals surface area contributed by atoms with E-state index in [2.05, 4.69) is 36.0 Å². The van der Waals surface area contributed by atoms with E-state index in [0.29, 0.717) is 22.8 Å². The summed E-state index contributed by atoms with van der Waals surface area (Å²) >= 11 is 0. The van der Waals surface area contributed by atoms with E-state index in [1.165, 1.54) is 17.2 Å². The molecular formula is C31H34N4O2. The first kappa shape index (κ1) is 24.8. The number of hydrogen-bond acceptors (Lipinski definition) is 5. The molecule has 0 aliphatic carbocycles. The maximum absolute atomic E-state index is 12.5. The molecule has 0 spiro atoms. The lowest BCUT2D eigenvalue weighted by Gasteiger charge is -2.36. The lowest BCUT2D eigenvalue weighted by Crippen LogP contribution is -2.41. The summed E-state index contributed by atoms with van der Waals surface area (Å²) in [6.45, 7) is 5.52. The van der Waals surface area contributed by atoms with Crippen molar-refractivity contribution in [3.05, 3.63) is 89.5 Å². The van der Waals surface area contributed by atoms with E-state index in [-0.39, 0.29) is 11.8 Å². The zero-order chi connectivity index (χ0) is 26.1. The van der Waals surface area contributed by atoms with Gasteiger partial charge in [-0.15, -0.1) is 0 Å². The second-order valence-electron chi connectivity index (χ2n) is 10.1. The maximum Gasteiger partial charge on any atom is 0.230 e. The maximum atomic E-state index is 12.5. The van der Waals surface area contributed by atoms with Gasteiger partial charge in [-0.1, -0.05) is 42.5 Å². The number of fused-ring (bicyclic) bond motifs is 1. The molecule has 4 aromatic rings. The van der Waals surface area contributed by atoms with Gasteiger partial charge in [0.2, 0.25) is 11.8 Å². The van der Waals surface area contributed by atoms with E-state index in [0.717, 1.165) is 48.1 Å². The van der Waals surface area contributed by atoms with Crippen LogP contribution in [0.4, 0.5) is 11.4 Å². The minimum absolute atomic E-state index is 0.0870. The molecule has 1 saturated heterocycles. The summed E-state index contributed by atoms with van der Waals surface area (Å²) in [5.41, 5.74) is 5.75. The molecule has 0 atom stereocenters. The first-order valence-electron chi connectivity index (χ1n) is 12.8. The van der Waals surface area contributed by atoms with E-state index in [1.807, 2.05) is 67.6 Å². The van der Waals surface area contributed by atoms with Crippen LogP contribution in [0, 0.1) is 6.92 Å². The fourth-order valence-electron chi connectivity index (χ4n) is 5.31. The molecule has 0 bridgehead atoms. The van der Waals surface area contributed by atoms with E-state index in [1.54, 1.807) is 0 Å². The minimum Gasteiger partial charge on any atom is -0.494 e. The largest absolute Gasteiger partial charge is 0.494 e. The lowest BCUT2D eigenvalue weighted by molar-refractivity contribution is 0.0933. The Morgan fingerprint density at radius 2 is 1.65 bits per heavy atom. The van der Waals surface area contributed by atoms with Gasteiger partial charge >= 0.3 is 0 Å². The second-order valence-corrected chi connectivity index (χ2v) is 10.1. The third-order valence-electron chi connectivity index (χ3n) is 7.35. The number of aromatic nitrogens is 1. The highest BCUT2D eigenvalue weighted by Crippen LogP contribution is 2.35. The summed E-state index contributed by atoms with van der Waals surface area (Å²) in [5, 5.41) is 12.1. The highest BCUT2D eigenvalue weighted by molar-refractivity contribution is 6.23. The van der Waals surface area contributed by atoms with Crippen LogP contribution in [0.25, 0.3) is 10.9 Å². The third-order valence-corrected chi connectivity index (χ3v) is 7.35. The van der Waals surface area contributed by atoms with Crippen LogP contribution < -0.4 is 4.90 Å². The minimum atomic E-state index is -0.242. The summed E-state index contributed by atoms with van der Waals surface area (Å²) in [5.74, 6) is -0.328. The van der Waals surface area contributed by atoms with Gasteiger partial charge in [0.25, 0.3) is 0 Å². The van der Waals surface area contributed by atoms with Crippen molar-refractivity contribution in [2.75, 3.05) is 32.1 Å². The molecule has 190 valence electrons. The third kappa shape index (κ3) is 4.89. The predicted molar refractivity (Wildman–Crippen MR) is 152 cm³/mol. The summed E-state index contributed by atoms with van der Waals surface area (Å²) in [6, 6.07) is 24.6. The number of rotatable bonds is 5. The summed E-state index contributed by atoms with van der Waals surface area (Å²) in [7, 11) is 4.31. The number of nitrogens with zero attached hydrogens (tertiary/aromatic N) is 4. The van der Waals surface area contributed by atoms with Gasteiger partial charge in [0.1, 0.15) is 0 Å². The fourth-order valence-corrected chi connectivity index (χ4v) is 5.31. The highest BCUT2D eigenvalue weighted by atomic mass is 16.3. The smallest absolute Gasteiger partial charge is 0.230 e. The topological polar surface area (TPSA) is 61.1 Å². The number of anilines is 1. The molecule has 1 N–H and O–H groups in total. The van der Waals surface area contributed by atoms with Crippen LogP contribution in [0.2, 0.25) is 0 Å². The molecule has 1 aromatic heterocycles. The molecule has 1 aliphatic rings. The number of carbonyl (C=O) groups excluding carboxylic acids is 1. The monoisotopic (exact) mass is 494 g/mol. The molecule has 0 amide bonds. The van der Waals surface area contributed by atoms with Crippen molar-refractivity contribution < 1.29 is 9.90 Å². The molecule has 6 heteroatoms. The Morgan fingerprint density at radius 1 is 0.973 bits per heavy atom. The number of hydrogen-bond donors (Lipinski definition) is 1. The number of benzene rings is 3. The molecule has 3 aromatic carbocycles. The number of piperidine rings is 1. The van der Waals surface area contributed by atoms with Crippen molar-refractivity contribution in [3.63, 3.8) is 0 Å². The molecule has 1 aliphatic heterocycles. The van der Waals surface area contributed by atoms with Gasteiger partial charge < -0.3 is 14.9 Å². The van der Waals surface area contributed by atoms with Crippen molar-refractivity contribution in [1.82, 2.24) is 9.47 Å². The zero-order valence-corrected chi connectivity index (χ0v) is 22.0. The van der Waals surface area contributed by atoms with Crippen LogP contribution in [0.3, 0.4) is 0 Å². The van der Waals surface area contributed by atoms with Gasteiger partial charge in [0.05, 0.1) is 22.5 Å². The van der Waals surface area contributed by atoms with Crippen LogP contribution in [0.1, 0.15) is 41.3 Å². The van der Waals surface area contributed by atoms with E-state index in [4.69, 9.17) is 4.99 Å². The first-order valence-corrected chi connectivity index (χ1v) is 12.8. The number of aryl methyl sites for hydroxylation is 1. The number of aromatic hydroxyl groups is 1. The first-order chi connectivity index (χ1) is 17.8. The van der Waals surface area contributed by atoms with Crippen molar-refractivity contribution in [3.8, 4) is 5.88 Å². The van der Waals surface area contributed by atoms with Gasteiger partial charge in [-0.05, 0) is 69.8 Å². The van der Waals surface area contributed by atoms with Gasteiger partial charge in [-0.25, -0.2) is 4.99 Å². The molecule has 0 unspecified atom stereocenters. The lowest BCUT2D eigenvalue weighted by atomic mass is 10.00. The Balaban J connectivity index is 1.57. The molecule has 0 saturated carbocycles. The van der Waals surface area contributed by atoms with Crippen molar-refractivity contribution in [1.29, 1.82) is 0 Å². The molecule has 5 rings (SSSR count). The van der Waals surface area contributed by atoms with Gasteiger partial charge in [0, 0.05) is 42.7 Å². The number of aliphatic imine (C=N–C) groups is 1. The SMILES string of the molecule is CC(=O)n1c(O)c(C(=Nc2ccc(N3CCC(N(C)C)CC3)cc2)c2ccccc2)c2ccc(C)cc21. The summed E-state index contributed by atoms with van der Waals surface area (Å²) in [6.07, 6.45) is 2.31. The zero-order valence-electron chi connectivity index (χ0n) is 22.0. The fraction of sp³-hybridized carbons (Fsp3) is 0.290. The molecule has 0 radical (unpaired) electrons. The quantitative estimate of drug-likeness (QED) is 0.345. The Bertz CT molecular complexity index is 1440. The highest BCUT2D eigenvalue weighted by Gasteiger charge is 2.24. The molecule has 1 fully saturated rings. The Kier molecular flexibility index (Phi) is 6.85. The average molecular weight is 495 g/mol. The summed E-state index contributed by atoms with van der Waals surface area (Å²) in [4.78, 5) is 22.3. The van der Waals surface area contributed by atoms with Crippen LogP contribution >= 0.6 is 0 Å². The number of carbonyl (C=O) groups is 1. The van der Waals surface area contributed by atoms with Crippen LogP contribution in [0.15, 0.2) is 77.8 Å². The van der Waals surface area contributed by atoms with E-state index >= 15 is 0 Å². The van der Waals surface area contributed by atoms with Crippen LogP contribution in [0.5, 0.6) is 5.88 Å². The normalized spacial score (nSPS) is 15.1. The predicted octanol–water partition coefficient (Wildman–Crippen LogP) is 6.01. The molecule has 6 nitrogen and oxygen atoms in total. The molecule has 37 heavy (non-hydrogen) atoms. The molecular weight excluding hydrogens is 460 g/mol. The van der Waals surface area contributed by atoms with Crippen LogP contribution in [-0.2, 0) is 0 Å². The average Bonchev–Trinajstić information content (AvgIpc) is 3.19. The standard InChI is InChI=1S/C31H34N4O2/c1-21-10-15-27-28(20-21)35(22(2)36)31(37)29(27)30(23-8-6-5-7-9-23)32-24-11-13-26(14-12-24)34-18-16-25(17-19-34)33(3)4/h5-15,20,25,37H,16-19H2,1-4H3. The van der Waals surface area contributed by atoms with Gasteiger partial charge in [-0.2, -0.15) is 0 Å². The second kappa shape index (κ2) is 10.2. The molecule has 2 heterocycles. The van der Waals surface area contributed by atoms with E-state index in [9.17, 15) is 9.90 Å². The van der Waals surface area contributed by atoms with E-state index < -0.39 is 0 Å². The van der Waals surface area contributed by atoms with Gasteiger partial charge in [0.15, 0.2) is 0 Å². The Morgan fingerprint density at radius 3 is 2.27 bits per heavy atom. The Hall–Kier alpha value is -3.90. The van der Waals surface area contributed by atoms with Crippen molar-refractivity contribution in [2.45, 2.75) is 32.7 Å². The Labute approximate surface area is 218 Å². The summed E-state index contributed by atoms with van der Waals surface area (Å²) < 4.78 is 1.37. The van der Waals surface area contributed by atoms with Crippen molar-refractivity contribution in [2.24, 2.45) is 4.99 Å². The van der Waals surface area contributed by atoms with Crippen molar-refractivity contribution >= 4 is 33.9 Å². The van der Waals surface area contributed by atoms with Crippen LogP contribution in [-0.4, -0.2) is 59.4 Å².